The molecular formula is C24H46N4O6. The minimum atomic E-state index is -0.665. The number of hydrogen-bond donors (Lipinski definition) is 4. The van der Waals surface area contributed by atoms with Gasteiger partial charge in [-0.3, -0.25) is 19.2 Å². The van der Waals surface area contributed by atoms with Gasteiger partial charge < -0.3 is 30.7 Å². The van der Waals surface area contributed by atoms with Crippen LogP contribution in [0, 0.1) is 17.8 Å². The number of rotatable bonds is 18. The predicted molar refractivity (Wildman–Crippen MR) is 131 cm³/mol. The van der Waals surface area contributed by atoms with Gasteiger partial charge in [0, 0.05) is 13.1 Å². The van der Waals surface area contributed by atoms with Gasteiger partial charge in [0.05, 0.1) is 27.1 Å². The van der Waals surface area contributed by atoms with Gasteiger partial charge in [-0.2, -0.15) is 0 Å². The second-order valence-electron chi connectivity index (χ2n) is 9.57. The molecule has 0 radical (unpaired) electrons. The lowest BCUT2D eigenvalue weighted by Crippen LogP contribution is -2.44. The summed E-state index contributed by atoms with van der Waals surface area (Å²) in [6.45, 7) is 12.3. The minimum absolute atomic E-state index is 0.0222. The molecule has 0 saturated heterocycles. The highest BCUT2D eigenvalue weighted by Crippen LogP contribution is 2.05. The Morgan fingerprint density at radius 2 is 1.12 bits per heavy atom. The third-order valence-corrected chi connectivity index (χ3v) is 5.14. The van der Waals surface area contributed by atoms with Crippen LogP contribution in [0.5, 0.6) is 0 Å². The van der Waals surface area contributed by atoms with Gasteiger partial charge in [-0.1, -0.05) is 34.6 Å². The molecule has 0 heterocycles. The Morgan fingerprint density at radius 1 is 0.676 bits per heavy atom. The second-order valence-corrected chi connectivity index (χ2v) is 9.57. The van der Waals surface area contributed by atoms with Crippen molar-refractivity contribution in [3.8, 4) is 0 Å². The van der Waals surface area contributed by atoms with Crippen molar-refractivity contribution >= 4 is 23.8 Å². The summed E-state index contributed by atoms with van der Waals surface area (Å²) in [6.07, 6.45) is 1.59. The Labute approximate surface area is 204 Å². The Balaban J connectivity index is 4.25. The van der Waals surface area contributed by atoms with Crippen LogP contribution in [0.1, 0.15) is 60.3 Å². The standard InChI is InChI=1S/C24H46N4O6/c1-16(2)13-26-19(23(31)33-6)11-21(29)25-10-8-9-18(5)15-28-22(30)12-20(24(32)34-7)27-14-17(3)4/h16-20,26-27H,8-15H2,1-7H3,(H,25,29)(H,28,30). The number of carbonyl (C=O) groups is 4. The van der Waals surface area contributed by atoms with Crippen molar-refractivity contribution in [3.05, 3.63) is 0 Å². The smallest absolute Gasteiger partial charge is 0.323 e. The van der Waals surface area contributed by atoms with Crippen LogP contribution in [0.3, 0.4) is 0 Å². The zero-order chi connectivity index (χ0) is 26.1. The van der Waals surface area contributed by atoms with E-state index < -0.39 is 24.0 Å². The number of hydrogen-bond acceptors (Lipinski definition) is 8. The molecule has 34 heavy (non-hydrogen) atoms. The molecule has 0 aliphatic rings. The van der Waals surface area contributed by atoms with Gasteiger partial charge in [-0.15, -0.1) is 0 Å². The van der Waals surface area contributed by atoms with E-state index in [0.29, 0.717) is 38.0 Å². The maximum atomic E-state index is 12.3. The van der Waals surface area contributed by atoms with Crippen LogP contribution in [-0.2, 0) is 28.7 Å². The first-order chi connectivity index (χ1) is 16.0. The zero-order valence-corrected chi connectivity index (χ0v) is 22.0. The maximum absolute atomic E-state index is 12.3. The van der Waals surface area contributed by atoms with Crippen molar-refractivity contribution < 1.29 is 28.7 Å². The monoisotopic (exact) mass is 486 g/mol. The highest BCUT2D eigenvalue weighted by atomic mass is 16.5. The Hall–Kier alpha value is -2.20. The molecule has 3 atom stereocenters. The molecular weight excluding hydrogens is 440 g/mol. The number of carbonyl (C=O) groups excluding carboxylic acids is 4. The van der Waals surface area contributed by atoms with Crippen LogP contribution in [-0.4, -0.2) is 76.2 Å². The van der Waals surface area contributed by atoms with Crippen molar-refractivity contribution in [2.45, 2.75) is 72.4 Å². The number of nitrogens with one attached hydrogen (secondary N) is 4. The van der Waals surface area contributed by atoms with Gasteiger partial charge in [-0.05, 0) is 43.7 Å². The fourth-order valence-electron chi connectivity index (χ4n) is 3.10. The van der Waals surface area contributed by atoms with Gasteiger partial charge in [0.25, 0.3) is 0 Å². The average molecular weight is 487 g/mol. The van der Waals surface area contributed by atoms with E-state index in [1.807, 2.05) is 34.6 Å². The third kappa shape index (κ3) is 15.6. The SMILES string of the molecule is COC(=O)C(CC(=O)NCCCC(C)CNC(=O)CC(NCC(C)C)C(=O)OC)NCC(C)C. The molecule has 0 fully saturated rings. The van der Waals surface area contributed by atoms with E-state index in [1.165, 1.54) is 14.2 Å². The summed E-state index contributed by atoms with van der Waals surface area (Å²) in [4.78, 5) is 48.2. The Bertz CT molecular complexity index is 627. The molecule has 0 bridgehead atoms. The molecule has 0 aliphatic heterocycles. The van der Waals surface area contributed by atoms with Gasteiger partial charge >= 0.3 is 11.9 Å². The molecule has 0 rings (SSSR count). The summed E-state index contributed by atoms with van der Waals surface area (Å²) in [6, 6.07) is -1.33. The molecule has 10 nitrogen and oxygen atoms in total. The van der Waals surface area contributed by atoms with E-state index in [9.17, 15) is 19.2 Å². The van der Waals surface area contributed by atoms with E-state index in [0.717, 1.165) is 12.8 Å². The van der Waals surface area contributed by atoms with Crippen LogP contribution < -0.4 is 21.3 Å². The summed E-state index contributed by atoms with van der Waals surface area (Å²) in [7, 11) is 2.62. The van der Waals surface area contributed by atoms with Crippen molar-refractivity contribution in [1.82, 2.24) is 21.3 Å². The van der Waals surface area contributed by atoms with E-state index in [1.54, 1.807) is 0 Å². The van der Waals surface area contributed by atoms with Crippen LogP contribution >= 0.6 is 0 Å². The van der Waals surface area contributed by atoms with Crippen LogP contribution in [0.2, 0.25) is 0 Å². The molecule has 0 saturated carbocycles. The molecule has 0 aromatic carbocycles. The van der Waals surface area contributed by atoms with Gasteiger partial charge in [-0.25, -0.2) is 0 Å². The summed E-state index contributed by atoms with van der Waals surface area (Å²) >= 11 is 0. The largest absolute Gasteiger partial charge is 0.468 e. The molecule has 0 spiro atoms. The highest BCUT2D eigenvalue weighted by Gasteiger charge is 2.23. The van der Waals surface area contributed by atoms with Gasteiger partial charge in [0.2, 0.25) is 11.8 Å². The molecule has 0 aromatic heterocycles. The summed E-state index contributed by atoms with van der Waals surface area (Å²) in [5, 5.41) is 11.8. The third-order valence-electron chi connectivity index (χ3n) is 5.14. The van der Waals surface area contributed by atoms with Crippen LogP contribution in [0.15, 0.2) is 0 Å². The second kappa shape index (κ2) is 18.2. The topological polar surface area (TPSA) is 135 Å². The molecule has 4 N–H and O–H groups in total. The quantitative estimate of drug-likeness (QED) is 0.166. The predicted octanol–water partition coefficient (Wildman–Crippen LogP) is 0.990. The lowest BCUT2D eigenvalue weighted by molar-refractivity contribution is -0.145. The first-order valence-corrected chi connectivity index (χ1v) is 12.2. The van der Waals surface area contributed by atoms with Gasteiger partial charge in [0.1, 0.15) is 12.1 Å². The van der Waals surface area contributed by atoms with E-state index in [2.05, 4.69) is 21.3 Å². The maximum Gasteiger partial charge on any atom is 0.323 e. The lowest BCUT2D eigenvalue weighted by Gasteiger charge is -2.19. The molecule has 2 amide bonds. The van der Waals surface area contributed by atoms with Crippen molar-refractivity contribution in [1.29, 1.82) is 0 Å². The fourth-order valence-corrected chi connectivity index (χ4v) is 3.10. The number of esters is 2. The van der Waals surface area contributed by atoms with Crippen molar-refractivity contribution in [3.63, 3.8) is 0 Å². The van der Waals surface area contributed by atoms with E-state index in [4.69, 9.17) is 9.47 Å². The number of ether oxygens (including phenoxy) is 2. The summed E-state index contributed by atoms with van der Waals surface area (Å²) < 4.78 is 9.55. The molecule has 0 aromatic rings. The van der Waals surface area contributed by atoms with Crippen LogP contribution in [0.4, 0.5) is 0 Å². The Morgan fingerprint density at radius 3 is 1.53 bits per heavy atom. The van der Waals surface area contributed by atoms with Crippen molar-refractivity contribution in [2.75, 3.05) is 40.4 Å². The van der Waals surface area contributed by atoms with Gasteiger partial charge in [0.15, 0.2) is 0 Å². The first-order valence-electron chi connectivity index (χ1n) is 12.2. The molecule has 10 heteroatoms. The lowest BCUT2D eigenvalue weighted by atomic mass is 10.1. The normalized spacial score (nSPS) is 13.8. The highest BCUT2D eigenvalue weighted by molar-refractivity contribution is 5.85. The fraction of sp³-hybridized carbons (Fsp3) is 0.833. The first kappa shape index (κ1) is 31.8. The summed E-state index contributed by atoms with van der Waals surface area (Å²) in [5.41, 5.74) is 0. The molecule has 3 unspecified atom stereocenters. The molecule has 198 valence electrons. The zero-order valence-electron chi connectivity index (χ0n) is 22.0. The number of amides is 2. The minimum Gasteiger partial charge on any atom is -0.468 e. The van der Waals surface area contributed by atoms with E-state index >= 15 is 0 Å². The number of methoxy groups -OCH3 is 2. The summed E-state index contributed by atoms with van der Waals surface area (Å²) in [5.74, 6) is -0.429. The van der Waals surface area contributed by atoms with E-state index in [-0.39, 0.29) is 30.6 Å². The average Bonchev–Trinajstić information content (AvgIpc) is 2.79. The Kier molecular flexibility index (Phi) is 17.0. The van der Waals surface area contributed by atoms with Crippen LogP contribution in [0.25, 0.3) is 0 Å². The molecule has 0 aliphatic carbocycles. The van der Waals surface area contributed by atoms with Crippen molar-refractivity contribution in [2.24, 2.45) is 17.8 Å².